The SMILES string of the molecule is Cc1cc(NC(=O)CSc2cccc(NC(=O)c3ccccc3C)c2)no1. The Morgan fingerprint density at radius 1 is 1.04 bits per heavy atom. The van der Waals surface area contributed by atoms with Crippen molar-refractivity contribution in [2.24, 2.45) is 0 Å². The number of carbonyl (C=O) groups excluding carboxylic acids is 2. The summed E-state index contributed by atoms with van der Waals surface area (Å²) in [6.07, 6.45) is 0. The second-order valence-corrected chi connectivity index (χ2v) is 7.01. The van der Waals surface area contributed by atoms with E-state index in [1.165, 1.54) is 11.8 Å². The van der Waals surface area contributed by atoms with Crippen molar-refractivity contribution in [3.8, 4) is 0 Å². The van der Waals surface area contributed by atoms with Gasteiger partial charge in [0.1, 0.15) is 5.76 Å². The highest BCUT2D eigenvalue weighted by Crippen LogP contribution is 2.22. The van der Waals surface area contributed by atoms with E-state index in [0.717, 1.165) is 10.5 Å². The van der Waals surface area contributed by atoms with Crippen molar-refractivity contribution < 1.29 is 14.1 Å². The van der Waals surface area contributed by atoms with E-state index in [-0.39, 0.29) is 17.6 Å². The summed E-state index contributed by atoms with van der Waals surface area (Å²) in [4.78, 5) is 25.3. The Bertz CT molecular complexity index is 968. The molecule has 0 atom stereocenters. The van der Waals surface area contributed by atoms with Crippen molar-refractivity contribution in [1.29, 1.82) is 0 Å². The summed E-state index contributed by atoms with van der Waals surface area (Å²) < 4.78 is 4.91. The van der Waals surface area contributed by atoms with Crippen LogP contribution in [0.2, 0.25) is 0 Å². The number of benzene rings is 2. The first-order chi connectivity index (χ1) is 13.0. The van der Waals surface area contributed by atoms with Crippen molar-refractivity contribution in [2.75, 3.05) is 16.4 Å². The minimum Gasteiger partial charge on any atom is -0.360 e. The molecule has 0 aliphatic heterocycles. The van der Waals surface area contributed by atoms with Crippen LogP contribution in [0.15, 0.2) is 64.0 Å². The molecule has 1 heterocycles. The zero-order chi connectivity index (χ0) is 19.2. The molecule has 0 aliphatic carbocycles. The highest BCUT2D eigenvalue weighted by molar-refractivity contribution is 8.00. The van der Waals surface area contributed by atoms with E-state index in [0.29, 0.717) is 22.8 Å². The van der Waals surface area contributed by atoms with Crippen molar-refractivity contribution in [1.82, 2.24) is 5.16 Å². The van der Waals surface area contributed by atoms with Gasteiger partial charge in [0.2, 0.25) is 5.91 Å². The van der Waals surface area contributed by atoms with Crippen LogP contribution in [0.5, 0.6) is 0 Å². The van der Waals surface area contributed by atoms with Crippen molar-refractivity contribution >= 4 is 35.1 Å². The molecule has 6 nitrogen and oxygen atoms in total. The van der Waals surface area contributed by atoms with Gasteiger partial charge in [0.25, 0.3) is 5.91 Å². The molecular weight excluding hydrogens is 362 g/mol. The predicted molar refractivity (Wildman–Crippen MR) is 106 cm³/mol. The molecule has 7 heteroatoms. The Labute approximate surface area is 161 Å². The predicted octanol–water partition coefficient (Wildman–Crippen LogP) is 4.27. The molecule has 27 heavy (non-hydrogen) atoms. The number of nitrogens with one attached hydrogen (secondary N) is 2. The molecule has 0 aliphatic rings. The van der Waals surface area contributed by atoms with Gasteiger partial charge in [-0.1, -0.05) is 29.4 Å². The molecule has 0 saturated heterocycles. The van der Waals surface area contributed by atoms with Gasteiger partial charge in [-0.25, -0.2) is 0 Å². The van der Waals surface area contributed by atoms with Crippen LogP contribution < -0.4 is 10.6 Å². The number of aromatic nitrogens is 1. The lowest BCUT2D eigenvalue weighted by molar-refractivity contribution is -0.113. The quantitative estimate of drug-likeness (QED) is 0.623. The largest absolute Gasteiger partial charge is 0.360 e. The summed E-state index contributed by atoms with van der Waals surface area (Å²) >= 11 is 1.37. The molecule has 2 amide bonds. The van der Waals surface area contributed by atoms with Crippen LogP contribution in [0, 0.1) is 13.8 Å². The third kappa shape index (κ3) is 5.21. The van der Waals surface area contributed by atoms with Gasteiger partial charge in [0.05, 0.1) is 5.75 Å². The average molecular weight is 381 g/mol. The van der Waals surface area contributed by atoms with Gasteiger partial charge in [-0.3, -0.25) is 9.59 Å². The van der Waals surface area contributed by atoms with Crippen LogP contribution in [0.1, 0.15) is 21.7 Å². The van der Waals surface area contributed by atoms with Crippen molar-refractivity contribution in [3.05, 3.63) is 71.5 Å². The molecule has 3 rings (SSSR count). The molecule has 1 aromatic heterocycles. The lowest BCUT2D eigenvalue weighted by Gasteiger charge is -2.09. The molecular formula is C20H19N3O3S. The van der Waals surface area contributed by atoms with E-state index >= 15 is 0 Å². The number of hydrogen-bond acceptors (Lipinski definition) is 5. The molecule has 2 N–H and O–H groups in total. The second-order valence-electron chi connectivity index (χ2n) is 5.96. The lowest BCUT2D eigenvalue weighted by Crippen LogP contribution is -2.14. The first-order valence-electron chi connectivity index (χ1n) is 8.34. The minimum absolute atomic E-state index is 0.158. The van der Waals surface area contributed by atoms with E-state index in [4.69, 9.17) is 4.52 Å². The molecule has 2 aromatic carbocycles. The fourth-order valence-electron chi connectivity index (χ4n) is 2.44. The van der Waals surface area contributed by atoms with Crippen LogP contribution in [0.25, 0.3) is 0 Å². The van der Waals surface area contributed by atoms with Crippen LogP contribution in [-0.2, 0) is 4.79 Å². The standard InChI is InChI=1S/C20H19N3O3S/c1-13-6-3-4-9-17(13)20(25)21-15-7-5-8-16(11-15)27-12-19(24)22-18-10-14(2)26-23-18/h3-11H,12H2,1-2H3,(H,21,25)(H,22,23,24). The summed E-state index contributed by atoms with van der Waals surface area (Å²) in [5.74, 6) is 0.922. The Balaban J connectivity index is 1.58. The Kier molecular flexibility index (Phi) is 5.93. The summed E-state index contributed by atoms with van der Waals surface area (Å²) in [6, 6.07) is 16.5. The molecule has 0 saturated carbocycles. The summed E-state index contributed by atoms with van der Waals surface area (Å²) in [7, 11) is 0. The first-order valence-corrected chi connectivity index (χ1v) is 9.33. The third-order valence-corrected chi connectivity index (χ3v) is 4.74. The van der Waals surface area contributed by atoms with Crippen LogP contribution in [-0.4, -0.2) is 22.7 Å². The summed E-state index contributed by atoms with van der Waals surface area (Å²) in [6.45, 7) is 3.66. The topological polar surface area (TPSA) is 84.2 Å². The van der Waals surface area contributed by atoms with E-state index < -0.39 is 0 Å². The highest BCUT2D eigenvalue weighted by atomic mass is 32.2. The summed E-state index contributed by atoms with van der Waals surface area (Å²) in [5.41, 5.74) is 2.24. The number of hydrogen-bond donors (Lipinski definition) is 2. The normalized spacial score (nSPS) is 10.4. The van der Waals surface area contributed by atoms with Gasteiger partial charge in [-0.2, -0.15) is 0 Å². The number of amides is 2. The number of nitrogens with zero attached hydrogens (tertiary/aromatic N) is 1. The van der Waals surface area contributed by atoms with E-state index in [1.54, 1.807) is 19.1 Å². The average Bonchev–Trinajstić information content (AvgIpc) is 3.05. The molecule has 0 radical (unpaired) electrons. The monoisotopic (exact) mass is 381 g/mol. The fraction of sp³-hybridized carbons (Fsp3) is 0.150. The van der Waals surface area contributed by atoms with E-state index in [2.05, 4.69) is 15.8 Å². The van der Waals surface area contributed by atoms with Crippen LogP contribution in [0.3, 0.4) is 0 Å². The third-order valence-electron chi connectivity index (χ3n) is 3.75. The lowest BCUT2D eigenvalue weighted by atomic mass is 10.1. The van der Waals surface area contributed by atoms with Gasteiger partial charge in [0.15, 0.2) is 5.82 Å². The maximum Gasteiger partial charge on any atom is 0.255 e. The minimum atomic E-state index is -0.178. The van der Waals surface area contributed by atoms with Crippen molar-refractivity contribution in [3.63, 3.8) is 0 Å². The summed E-state index contributed by atoms with van der Waals surface area (Å²) in [5, 5.41) is 9.30. The van der Waals surface area contributed by atoms with Gasteiger partial charge >= 0.3 is 0 Å². The molecule has 138 valence electrons. The zero-order valence-electron chi connectivity index (χ0n) is 15.0. The van der Waals surface area contributed by atoms with Gasteiger partial charge < -0.3 is 15.2 Å². The van der Waals surface area contributed by atoms with Crippen molar-refractivity contribution in [2.45, 2.75) is 18.7 Å². The van der Waals surface area contributed by atoms with Crippen LogP contribution in [0.4, 0.5) is 11.5 Å². The number of rotatable bonds is 6. The Morgan fingerprint density at radius 2 is 1.85 bits per heavy atom. The fourth-order valence-corrected chi connectivity index (χ4v) is 3.20. The number of thioether (sulfide) groups is 1. The van der Waals surface area contributed by atoms with Crippen LogP contribution >= 0.6 is 11.8 Å². The molecule has 0 spiro atoms. The number of anilines is 2. The van der Waals surface area contributed by atoms with E-state index in [9.17, 15) is 9.59 Å². The Morgan fingerprint density at radius 3 is 2.59 bits per heavy atom. The highest BCUT2D eigenvalue weighted by Gasteiger charge is 2.10. The maximum atomic E-state index is 12.4. The maximum absolute atomic E-state index is 12.4. The number of aryl methyl sites for hydroxylation is 2. The molecule has 0 bridgehead atoms. The smallest absolute Gasteiger partial charge is 0.255 e. The zero-order valence-corrected chi connectivity index (χ0v) is 15.8. The first kappa shape index (κ1) is 18.7. The second kappa shape index (κ2) is 8.55. The molecule has 3 aromatic rings. The molecule has 0 unspecified atom stereocenters. The van der Waals surface area contributed by atoms with E-state index in [1.807, 2.05) is 49.4 Å². The number of carbonyl (C=O) groups is 2. The molecule has 0 fully saturated rings. The Hall–Kier alpha value is -3.06. The van der Waals surface area contributed by atoms with Gasteiger partial charge in [-0.15, -0.1) is 11.8 Å². The van der Waals surface area contributed by atoms with Gasteiger partial charge in [-0.05, 0) is 43.7 Å². The van der Waals surface area contributed by atoms with Gasteiger partial charge in [0, 0.05) is 22.2 Å².